The van der Waals surface area contributed by atoms with Gasteiger partial charge in [0.1, 0.15) is 18.1 Å². The molecule has 2 nitrogen and oxygen atoms in total. The van der Waals surface area contributed by atoms with Gasteiger partial charge in [-0.1, -0.05) is 29.8 Å². The average Bonchev–Trinajstić information content (AvgIpc) is 2.45. The zero-order chi connectivity index (χ0) is 14.4. The molecule has 0 heterocycles. The van der Waals surface area contributed by atoms with Gasteiger partial charge in [0.15, 0.2) is 0 Å². The van der Waals surface area contributed by atoms with E-state index < -0.39 is 0 Å². The van der Waals surface area contributed by atoms with Crippen molar-refractivity contribution in [1.82, 2.24) is 0 Å². The van der Waals surface area contributed by atoms with Crippen molar-refractivity contribution in [2.75, 3.05) is 13.7 Å². The first-order valence-corrected chi connectivity index (χ1v) is 6.96. The van der Waals surface area contributed by atoms with Crippen LogP contribution in [0.25, 0.3) is 0 Å². The Hall–Kier alpha value is -1.58. The molecule has 2 aromatic carbocycles. The smallest absolute Gasteiger partial charge is 0.127 e. The van der Waals surface area contributed by atoms with E-state index in [1.807, 2.05) is 30.3 Å². The third-order valence-corrected chi connectivity index (χ3v) is 3.42. The Balaban J connectivity index is 1.87. The van der Waals surface area contributed by atoms with Gasteiger partial charge in [0.05, 0.1) is 13.7 Å². The molecule has 0 amide bonds. The van der Waals surface area contributed by atoms with Gasteiger partial charge in [0, 0.05) is 17.0 Å². The molecule has 20 heavy (non-hydrogen) atoms. The van der Waals surface area contributed by atoms with Gasteiger partial charge in [0.25, 0.3) is 0 Å². The van der Waals surface area contributed by atoms with Crippen LogP contribution in [0.1, 0.15) is 11.1 Å². The Morgan fingerprint density at radius 2 is 1.95 bits per heavy atom. The van der Waals surface area contributed by atoms with Crippen LogP contribution in [0, 0.1) is 5.82 Å². The maximum Gasteiger partial charge on any atom is 0.127 e. The number of benzene rings is 2. The van der Waals surface area contributed by atoms with Gasteiger partial charge < -0.3 is 10.1 Å². The molecule has 0 aliphatic carbocycles. The Kier molecular flexibility index (Phi) is 5.39. The third kappa shape index (κ3) is 3.95. The van der Waals surface area contributed by atoms with Crippen LogP contribution in [-0.2, 0) is 13.0 Å². The molecule has 0 aromatic heterocycles. The molecule has 0 bridgehead atoms. The zero-order valence-corrected chi connectivity index (χ0v) is 12.2. The van der Waals surface area contributed by atoms with Crippen LogP contribution in [0.3, 0.4) is 0 Å². The lowest BCUT2D eigenvalue weighted by molar-refractivity contribution is -0.670. The number of halogens is 2. The summed E-state index contributed by atoms with van der Waals surface area (Å²) >= 11 is 5.98. The Morgan fingerprint density at radius 3 is 2.70 bits per heavy atom. The second-order valence-corrected chi connectivity index (χ2v) is 5.02. The number of quaternary nitrogens is 1. The molecular formula is C16H18ClFNO+. The lowest BCUT2D eigenvalue weighted by Gasteiger charge is -2.08. The predicted molar refractivity (Wildman–Crippen MR) is 78.6 cm³/mol. The average molecular weight is 295 g/mol. The Morgan fingerprint density at radius 1 is 1.15 bits per heavy atom. The lowest BCUT2D eigenvalue weighted by Crippen LogP contribution is -2.83. The minimum atomic E-state index is -0.138. The summed E-state index contributed by atoms with van der Waals surface area (Å²) < 4.78 is 18.8. The van der Waals surface area contributed by atoms with Crippen molar-refractivity contribution >= 4 is 11.6 Å². The van der Waals surface area contributed by atoms with Crippen LogP contribution in [0.5, 0.6) is 5.75 Å². The van der Waals surface area contributed by atoms with E-state index >= 15 is 0 Å². The largest absolute Gasteiger partial charge is 0.496 e. The van der Waals surface area contributed by atoms with E-state index in [1.165, 1.54) is 6.07 Å². The predicted octanol–water partition coefficient (Wildman–Crippen LogP) is 2.79. The maximum atomic E-state index is 13.5. The van der Waals surface area contributed by atoms with Crippen LogP contribution in [-0.4, -0.2) is 13.7 Å². The highest BCUT2D eigenvalue weighted by Crippen LogP contribution is 2.21. The number of nitrogens with two attached hydrogens (primary N) is 1. The van der Waals surface area contributed by atoms with Crippen molar-refractivity contribution in [1.29, 1.82) is 0 Å². The van der Waals surface area contributed by atoms with Crippen molar-refractivity contribution in [2.45, 2.75) is 13.0 Å². The molecule has 0 atom stereocenters. The van der Waals surface area contributed by atoms with Gasteiger partial charge in [-0.2, -0.15) is 0 Å². The molecule has 2 aromatic rings. The fourth-order valence-electron chi connectivity index (χ4n) is 2.12. The SMILES string of the molecule is COc1ccc(Cl)cc1C[NH2+]CCc1ccccc1F. The highest BCUT2D eigenvalue weighted by Gasteiger charge is 2.06. The number of rotatable bonds is 6. The standard InChI is InChI=1S/C16H17ClFNO/c1-20-16-7-6-14(17)10-13(16)11-19-9-8-12-4-2-3-5-15(12)18/h2-7,10,19H,8-9,11H2,1H3/p+1. The minimum Gasteiger partial charge on any atom is -0.496 e. The van der Waals surface area contributed by atoms with Gasteiger partial charge in [0.2, 0.25) is 0 Å². The molecule has 0 spiro atoms. The summed E-state index contributed by atoms with van der Waals surface area (Å²) in [6.07, 6.45) is 0.704. The summed E-state index contributed by atoms with van der Waals surface area (Å²) in [5, 5.41) is 2.82. The summed E-state index contributed by atoms with van der Waals surface area (Å²) in [5.41, 5.74) is 1.80. The molecule has 0 saturated heterocycles. The van der Waals surface area contributed by atoms with E-state index in [0.717, 1.165) is 30.0 Å². The molecular weight excluding hydrogens is 277 g/mol. The van der Waals surface area contributed by atoms with Crippen molar-refractivity contribution in [2.24, 2.45) is 0 Å². The summed E-state index contributed by atoms with van der Waals surface area (Å²) in [4.78, 5) is 0. The molecule has 0 radical (unpaired) electrons. The van der Waals surface area contributed by atoms with Gasteiger partial charge in [-0.05, 0) is 29.8 Å². The van der Waals surface area contributed by atoms with Crippen LogP contribution < -0.4 is 10.1 Å². The molecule has 2 N–H and O–H groups in total. The van der Waals surface area contributed by atoms with Crippen LogP contribution in [0.4, 0.5) is 4.39 Å². The summed E-state index contributed by atoms with van der Waals surface area (Å²) in [5.74, 6) is 0.692. The summed E-state index contributed by atoms with van der Waals surface area (Å²) in [6.45, 7) is 1.58. The normalized spacial score (nSPS) is 10.6. The van der Waals surface area contributed by atoms with E-state index in [0.29, 0.717) is 11.4 Å². The van der Waals surface area contributed by atoms with Crippen molar-refractivity contribution in [3.63, 3.8) is 0 Å². The molecule has 4 heteroatoms. The molecule has 0 aliphatic heterocycles. The van der Waals surface area contributed by atoms with Crippen molar-refractivity contribution in [3.8, 4) is 5.75 Å². The Labute approximate surface area is 123 Å². The van der Waals surface area contributed by atoms with E-state index in [1.54, 1.807) is 13.2 Å². The number of ether oxygens (including phenoxy) is 1. The third-order valence-electron chi connectivity index (χ3n) is 3.18. The van der Waals surface area contributed by atoms with Gasteiger partial charge >= 0.3 is 0 Å². The zero-order valence-electron chi connectivity index (χ0n) is 11.4. The topological polar surface area (TPSA) is 25.8 Å². The van der Waals surface area contributed by atoms with Gasteiger partial charge in [-0.3, -0.25) is 0 Å². The first kappa shape index (κ1) is 14.8. The molecule has 0 aliphatic rings. The van der Waals surface area contributed by atoms with Gasteiger partial charge in [-0.15, -0.1) is 0 Å². The lowest BCUT2D eigenvalue weighted by atomic mass is 10.1. The van der Waals surface area contributed by atoms with Crippen LogP contribution >= 0.6 is 11.6 Å². The number of hydrogen-bond acceptors (Lipinski definition) is 1. The van der Waals surface area contributed by atoms with E-state index in [-0.39, 0.29) is 5.82 Å². The first-order valence-electron chi connectivity index (χ1n) is 6.58. The van der Waals surface area contributed by atoms with E-state index in [9.17, 15) is 4.39 Å². The fraction of sp³-hybridized carbons (Fsp3) is 0.250. The highest BCUT2D eigenvalue weighted by atomic mass is 35.5. The summed E-state index contributed by atoms with van der Waals surface area (Å²) in [6, 6.07) is 12.5. The first-order chi connectivity index (χ1) is 9.70. The van der Waals surface area contributed by atoms with E-state index in [4.69, 9.17) is 16.3 Å². The van der Waals surface area contributed by atoms with Gasteiger partial charge in [-0.25, -0.2) is 4.39 Å². The Bertz CT molecular complexity index is 574. The second-order valence-electron chi connectivity index (χ2n) is 4.58. The minimum absolute atomic E-state index is 0.138. The fourth-order valence-corrected chi connectivity index (χ4v) is 2.32. The highest BCUT2D eigenvalue weighted by molar-refractivity contribution is 6.30. The van der Waals surface area contributed by atoms with Crippen molar-refractivity contribution in [3.05, 3.63) is 64.4 Å². The summed E-state index contributed by atoms with van der Waals surface area (Å²) in [7, 11) is 1.64. The monoisotopic (exact) mass is 294 g/mol. The molecule has 2 rings (SSSR count). The maximum absolute atomic E-state index is 13.5. The molecule has 0 unspecified atom stereocenters. The second kappa shape index (κ2) is 7.27. The molecule has 0 saturated carbocycles. The quantitative estimate of drug-likeness (QED) is 0.815. The molecule has 0 fully saturated rings. The van der Waals surface area contributed by atoms with E-state index in [2.05, 4.69) is 5.32 Å². The van der Waals surface area contributed by atoms with Crippen molar-refractivity contribution < 1.29 is 14.4 Å². The number of methoxy groups -OCH3 is 1. The van der Waals surface area contributed by atoms with Crippen LogP contribution in [0.15, 0.2) is 42.5 Å². The van der Waals surface area contributed by atoms with Crippen LogP contribution in [0.2, 0.25) is 5.02 Å². The molecule has 106 valence electrons. The number of hydrogen-bond donors (Lipinski definition) is 1.